The molecule has 2 unspecified atom stereocenters. The SMILES string of the molecule is O=C(COC(=O)C(F)(F)F)Oc1ccc(O)c(N2CC(O)C(NC3CCN(C(=O)c4ccc(Cl)cc4)CC3)C2)c1. The van der Waals surface area contributed by atoms with Crippen molar-refractivity contribution >= 4 is 35.1 Å². The second kappa shape index (κ2) is 12.3. The smallest absolute Gasteiger partial charge is 0.490 e. The van der Waals surface area contributed by atoms with Crippen LogP contribution in [0, 0.1) is 0 Å². The summed E-state index contributed by atoms with van der Waals surface area (Å²) < 4.78 is 45.5. The molecule has 2 aromatic rings. The van der Waals surface area contributed by atoms with E-state index in [1.807, 2.05) is 0 Å². The molecule has 3 N–H and O–H groups in total. The van der Waals surface area contributed by atoms with E-state index in [1.54, 1.807) is 34.1 Å². The predicted octanol–water partition coefficient (Wildman–Crippen LogP) is 2.50. The Morgan fingerprint density at radius 2 is 1.73 bits per heavy atom. The van der Waals surface area contributed by atoms with Crippen LogP contribution in [0.3, 0.4) is 0 Å². The number of phenols is 1. The molecule has 40 heavy (non-hydrogen) atoms. The summed E-state index contributed by atoms with van der Waals surface area (Å²) in [5, 5.41) is 25.0. The third kappa shape index (κ3) is 7.34. The molecule has 216 valence electrons. The molecule has 2 saturated heterocycles. The largest absolute Gasteiger partial charge is 0.506 e. The minimum absolute atomic E-state index is 0.0502. The Bertz CT molecular complexity index is 1240. The summed E-state index contributed by atoms with van der Waals surface area (Å²) in [6.07, 6.45) is -4.67. The van der Waals surface area contributed by atoms with E-state index in [1.165, 1.54) is 18.2 Å². The van der Waals surface area contributed by atoms with Gasteiger partial charge in [0.05, 0.1) is 17.8 Å². The first kappa shape index (κ1) is 29.4. The summed E-state index contributed by atoms with van der Waals surface area (Å²) >= 11 is 5.90. The van der Waals surface area contributed by atoms with Crippen molar-refractivity contribution in [1.82, 2.24) is 10.2 Å². The summed E-state index contributed by atoms with van der Waals surface area (Å²) in [5.41, 5.74) is 0.803. The molecule has 0 spiro atoms. The van der Waals surface area contributed by atoms with Gasteiger partial charge in [-0.25, -0.2) is 9.59 Å². The molecule has 0 aliphatic carbocycles. The van der Waals surface area contributed by atoms with Crippen molar-refractivity contribution < 1.29 is 47.2 Å². The lowest BCUT2D eigenvalue weighted by molar-refractivity contribution is -0.200. The summed E-state index contributed by atoms with van der Waals surface area (Å²) in [7, 11) is 0. The van der Waals surface area contributed by atoms with Gasteiger partial charge < -0.3 is 34.8 Å². The number of benzene rings is 2. The molecule has 2 aliphatic heterocycles. The topological polar surface area (TPSA) is 129 Å². The highest BCUT2D eigenvalue weighted by Crippen LogP contribution is 2.34. The molecule has 2 heterocycles. The first-order chi connectivity index (χ1) is 18.9. The van der Waals surface area contributed by atoms with Gasteiger partial charge in [0.1, 0.15) is 11.5 Å². The van der Waals surface area contributed by atoms with Gasteiger partial charge in [-0.1, -0.05) is 11.6 Å². The number of β-amino-alcohol motifs (C(OH)–C–C–N with tert-alkyl or cyclic N) is 1. The maximum atomic E-state index is 12.7. The minimum Gasteiger partial charge on any atom is -0.506 e. The molecule has 0 radical (unpaired) electrons. The average molecular weight is 586 g/mol. The molecule has 4 rings (SSSR count). The number of nitrogens with zero attached hydrogens (tertiary/aromatic N) is 2. The number of nitrogens with one attached hydrogen (secondary N) is 1. The van der Waals surface area contributed by atoms with Gasteiger partial charge in [0.2, 0.25) is 0 Å². The number of likely N-dealkylation sites (tertiary alicyclic amines) is 1. The van der Waals surface area contributed by atoms with Crippen LogP contribution in [0.5, 0.6) is 11.5 Å². The van der Waals surface area contributed by atoms with Crippen molar-refractivity contribution in [1.29, 1.82) is 0 Å². The van der Waals surface area contributed by atoms with Gasteiger partial charge >= 0.3 is 18.1 Å². The second-order valence-electron chi connectivity index (χ2n) is 9.52. The number of aromatic hydroxyl groups is 1. The number of phenolic OH excluding ortho intramolecular Hbond substituents is 1. The first-order valence-corrected chi connectivity index (χ1v) is 12.8. The number of amides is 1. The fourth-order valence-electron chi connectivity index (χ4n) is 4.66. The van der Waals surface area contributed by atoms with Crippen LogP contribution in [0.15, 0.2) is 42.5 Å². The van der Waals surface area contributed by atoms with E-state index in [0.29, 0.717) is 43.1 Å². The monoisotopic (exact) mass is 585 g/mol. The number of piperidine rings is 1. The van der Waals surface area contributed by atoms with Crippen LogP contribution in [-0.2, 0) is 14.3 Å². The van der Waals surface area contributed by atoms with Gasteiger partial charge in [-0.05, 0) is 49.2 Å². The number of alkyl halides is 3. The Morgan fingerprint density at radius 3 is 2.38 bits per heavy atom. The fraction of sp³-hybridized carbons (Fsp3) is 0.423. The standard InChI is InChI=1S/C26H27ClF3N3O7/c27-16-3-1-15(2-4-16)24(37)32-9-7-17(8-10-32)31-19-12-33(13-22(19)35)20-11-18(5-6-21(20)34)40-23(36)14-39-25(38)26(28,29)30/h1-6,11,17,19,22,31,34-35H,7-10,12-14H2. The number of ether oxygens (including phenoxy) is 2. The van der Waals surface area contributed by atoms with Crippen LogP contribution in [0.1, 0.15) is 23.2 Å². The normalized spacial score (nSPS) is 19.9. The molecule has 2 fully saturated rings. The summed E-state index contributed by atoms with van der Waals surface area (Å²) in [5.74, 6) is -4.08. The number of anilines is 1. The van der Waals surface area contributed by atoms with Crippen molar-refractivity contribution in [2.45, 2.75) is 37.2 Å². The lowest BCUT2D eigenvalue weighted by Crippen LogP contribution is -2.50. The summed E-state index contributed by atoms with van der Waals surface area (Å²) in [6.45, 7) is 0.294. The van der Waals surface area contributed by atoms with Crippen LogP contribution in [0.2, 0.25) is 5.02 Å². The molecular formula is C26H27ClF3N3O7. The van der Waals surface area contributed by atoms with Gasteiger partial charge in [-0.15, -0.1) is 0 Å². The number of hydrogen-bond donors (Lipinski definition) is 3. The van der Waals surface area contributed by atoms with E-state index in [9.17, 15) is 37.8 Å². The molecule has 0 bridgehead atoms. The molecular weight excluding hydrogens is 559 g/mol. The molecule has 14 heteroatoms. The van der Waals surface area contributed by atoms with E-state index >= 15 is 0 Å². The van der Waals surface area contributed by atoms with Crippen LogP contribution in [-0.4, -0.2) is 90.1 Å². The van der Waals surface area contributed by atoms with Crippen molar-refractivity contribution in [2.24, 2.45) is 0 Å². The highest BCUT2D eigenvalue weighted by molar-refractivity contribution is 6.30. The van der Waals surface area contributed by atoms with Crippen LogP contribution in [0.25, 0.3) is 0 Å². The zero-order valence-electron chi connectivity index (χ0n) is 21.1. The fourth-order valence-corrected chi connectivity index (χ4v) is 4.79. The molecule has 10 nitrogen and oxygen atoms in total. The predicted molar refractivity (Wildman–Crippen MR) is 136 cm³/mol. The minimum atomic E-state index is -5.24. The number of hydrogen-bond acceptors (Lipinski definition) is 9. The van der Waals surface area contributed by atoms with Crippen LogP contribution >= 0.6 is 11.6 Å². The Morgan fingerprint density at radius 1 is 1.05 bits per heavy atom. The molecule has 2 atom stereocenters. The van der Waals surface area contributed by atoms with E-state index in [2.05, 4.69) is 10.1 Å². The van der Waals surface area contributed by atoms with E-state index < -0.39 is 30.8 Å². The van der Waals surface area contributed by atoms with Crippen molar-refractivity contribution in [3.8, 4) is 11.5 Å². The van der Waals surface area contributed by atoms with Gasteiger partial charge in [0, 0.05) is 48.9 Å². The lowest BCUT2D eigenvalue weighted by atomic mass is 10.0. The molecule has 0 saturated carbocycles. The van der Waals surface area contributed by atoms with Crippen LogP contribution in [0.4, 0.5) is 18.9 Å². The molecule has 0 aromatic heterocycles. The molecule has 1 amide bonds. The number of carbonyl (C=O) groups excluding carboxylic acids is 3. The molecule has 2 aliphatic rings. The maximum Gasteiger partial charge on any atom is 0.490 e. The number of halogens is 4. The number of rotatable bonds is 7. The highest BCUT2D eigenvalue weighted by atomic mass is 35.5. The van der Waals surface area contributed by atoms with Gasteiger partial charge in [-0.3, -0.25) is 4.79 Å². The van der Waals surface area contributed by atoms with Crippen molar-refractivity contribution in [2.75, 3.05) is 37.7 Å². The molecule has 2 aromatic carbocycles. The van der Waals surface area contributed by atoms with E-state index in [4.69, 9.17) is 16.3 Å². The number of esters is 2. The third-order valence-corrected chi connectivity index (χ3v) is 6.94. The Balaban J connectivity index is 1.29. The zero-order valence-corrected chi connectivity index (χ0v) is 21.8. The quantitative estimate of drug-likeness (QED) is 0.332. The van der Waals surface area contributed by atoms with Gasteiger partial charge in [0.15, 0.2) is 6.61 Å². The lowest BCUT2D eigenvalue weighted by Gasteiger charge is -2.34. The average Bonchev–Trinajstić information content (AvgIpc) is 3.27. The Labute approximate surface area is 232 Å². The summed E-state index contributed by atoms with van der Waals surface area (Å²) in [4.78, 5) is 38.8. The van der Waals surface area contributed by atoms with Crippen LogP contribution < -0.4 is 15.0 Å². The third-order valence-electron chi connectivity index (χ3n) is 6.68. The second-order valence-corrected chi connectivity index (χ2v) is 9.95. The zero-order chi connectivity index (χ0) is 29.0. The highest BCUT2D eigenvalue weighted by Gasteiger charge is 2.41. The van der Waals surface area contributed by atoms with Gasteiger partial charge in [-0.2, -0.15) is 13.2 Å². The van der Waals surface area contributed by atoms with E-state index in [-0.39, 0.29) is 41.7 Å². The number of aliphatic hydroxyl groups excluding tert-OH is 1. The van der Waals surface area contributed by atoms with Gasteiger partial charge in [0.25, 0.3) is 5.91 Å². The van der Waals surface area contributed by atoms with Crippen molar-refractivity contribution in [3.05, 3.63) is 53.1 Å². The number of aliphatic hydroxyl groups is 1. The maximum absolute atomic E-state index is 12.7. The van der Waals surface area contributed by atoms with Crippen molar-refractivity contribution in [3.63, 3.8) is 0 Å². The van der Waals surface area contributed by atoms with E-state index in [0.717, 1.165) is 0 Å². The first-order valence-electron chi connectivity index (χ1n) is 12.4. The Kier molecular flexibility index (Phi) is 9.06. The Hall–Kier alpha value is -3.55. The summed E-state index contributed by atoms with van der Waals surface area (Å²) in [6, 6.07) is 10.2. The number of carbonyl (C=O) groups is 3.